The normalized spacial score (nSPS) is 11.5. The minimum absolute atomic E-state index is 0.00535. The number of para-hydroxylation sites is 1. The van der Waals surface area contributed by atoms with Gasteiger partial charge in [0.05, 0.1) is 10.4 Å². The Balaban J connectivity index is 1.97. The fourth-order valence-electron chi connectivity index (χ4n) is 2.73. The molecule has 1 amide bonds. The van der Waals surface area contributed by atoms with Crippen molar-refractivity contribution in [3.63, 3.8) is 0 Å². The molecule has 0 spiro atoms. The maximum Gasteiger partial charge on any atom is 0.295 e. The first kappa shape index (κ1) is 17.3. The number of nitrogens with zero attached hydrogens (tertiary/aromatic N) is 4. The number of aromatic nitrogens is 1. The van der Waals surface area contributed by atoms with Gasteiger partial charge in [0, 0.05) is 29.1 Å². The molecule has 3 aromatic rings. The Kier molecular flexibility index (Phi) is 4.49. The number of rotatable bonds is 4. The predicted octanol–water partition coefficient (Wildman–Crippen LogP) is 4.76. The monoisotopic (exact) mass is 352 g/mol. The Hall–Kier alpha value is -3.55. The van der Waals surface area contributed by atoms with Crippen molar-refractivity contribution in [2.45, 2.75) is 19.9 Å². The molecule has 1 heterocycles. The van der Waals surface area contributed by atoms with Gasteiger partial charge in [-0.05, 0) is 32.0 Å². The molecule has 2 aromatic carbocycles. The van der Waals surface area contributed by atoms with Crippen molar-refractivity contribution in [2.24, 2.45) is 10.2 Å². The summed E-state index contributed by atoms with van der Waals surface area (Å²) in [6, 6.07) is 12.4. The highest BCUT2D eigenvalue weighted by atomic mass is 16.6. The first-order chi connectivity index (χ1) is 12.4. The fourth-order valence-corrected chi connectivity index (χ4v) is 2.73. The lowest BCUT2D eigenvalue weighted by Crippen LogP contribution is -1.98. The molecule has 8 heteroatoms. The number of azo groups is 1. The molecule has 1 aromatic heterocycles. The standard InChI is InChI=1S/C18H16N4O4/c1-11(2)21-15-6-4-3-5-14(15)16(18(21)24)19-20-17(23)12-7-9-13(10-8-12)22(25)26/h3-11,24H,1-2H3. The highest BCUT2D eigenvalue weighted by molar-refractivity contribution is 5.97. The molecule has 0 aliphatic heterocycles. The van der Waals surface area contributed by atoms with Gasteiger partial charge >= 0.3 is 0 Å². The molecule has 0 aliphatic carbocycles. The summed E-state index contributed by atoms with van der Waals surface area (Å²) >= 11 is 0. The Morgan fingerprint density at radius 1 is 1.15 bits per heavy atom. The van der Waals surface area contributed by atoms with E-state index >= 15 is 0 Å². The summed E-state index contributed by atoms with van der Waals surface area (Å²) in [7, 11) is 0. The maximum absolute atomic E-state index is 12.2. The molecule has 26 heavy (non-hydrogen) atoms. The van der Waals surface area contributed by atoms with Crippen LogP contribution >= 0.6 is 0 Å². The van der Waals surface area contributed by atoms with Crippen LogP contribution in [-0.4, -0.2) is 20.5 Å². The Bertz CT molecular complexity index is 1020. The van der Waals surface area contributed by atoms with Gasteiger partial charge in [0.2, 0.25) is 5.88 Å². The van der Waals surface area contributed by atoms with Crippen LogP contribution in [0.25, 0.3) is 10.9 Å². The summed E-state index contributed by atoms with van der Waals surface area (Å²) in [5.41, 5.74) is 1.06. The van der Waals surface area contributed by atoms with Gasteiger partial charge in [-0.25, -0.2) is 0 Å². The van der Waals surface area contributed by atoms with E-state index in [1.807, 2.05) is 32.0 Å². The molecule has 0 radical (unpaired) electrons. The number of carbonyl (C=O) groups excluding carboxylic acids is 1. The summed E-state index contributed by atoms with van der Waals surface area (Å²) < 4.78 is 1.71. The number of hydrogen-bond donors (Lipinski definition) is 1. The van der Waals surface area contributed by atoms with Gasteiger partial charge in [-0.2, -0.15) is 0 Å². The van der Waals surface area contributed by atoms with Crippen molar-refractivity contribution in [1.29, 1.82) is 0 Å². The maximum atomic E-state index is 12.2. The minimum Gasteiger partial charge on any atom is -0.493 e. The zero-order valence-electron chi connectivity index (χ0n) is 14.2. The predicted molar refractivity (Wildman–Crippen MR) is 95.9 cm³/mol. The molecule has 8 nitrogen and oxygen atoms in total. The third-order valence-corrected chi connectivity index (χ3v) is 3.94. The average molecular weight is 352 g/mol. The molecule has 0 saturated carbocycles. The highest BCUT2D eigenvalue weighted by Gasteiger charge is 2.18. The van der Waals surface area contributed by atoms with Gasteiger partial charge in [0.1, 0.15) is 0 Å². The lowest BCUT2D eigenvalue weighted by molar-refractivity contribution is -0.384. The fraction of sp³-hybridized carbons (Fsp3) is 0.167. The summed E-state index contributed by atoms with van der Waals surface area (Å²) in [6.45, 7) is 3.85. The van der Waals surface area contributed by atoms with E-state index in [0.29, 0.717) is 5.39 Å². The van der Waals surface area contributed by atoms with Gasteiger partial charge in [0.25, 0.3) is 11.6 Å². The third-order valence-electron chi connectivity index (χ3n) is 3.94. The third kappa shape index (κ3) is 3.04. The van der Waals surface area contributed by atoms with E-state index < -0.39 is 10.8 Å². The average Bonchev–Trinajstić information content (AvgIpc) is 2.91. The van der Waals surface area contributed by atoms with E-state index in [1.165, 1.54) is 24.3 Å². The number of nitro groups is 1. The van der Waals surface area contributed by atoms with Crippen LogP contribution in [0.5, 0.6) is 5.88 Å². The smallest absolute Gasteiger partial charge is 0.295 e. The van der Waals surface area contributed by atoms with Crippen molar-refractivity contribution < 1.29 is 14.8 Å². The van der Waals surface area contributed by atoms with Crippen molar-refractivity contribution >= 4 is 28.2 Å². The molecule has 0 atom stereocenters. The van der Waals surface area contributed by atoms with Crippen molar-refractivity contribution in [3.8, 4) is 5.88 Å². The second kappa shape index (κ2) is 6.75. The van der Waals surface area contributed by atoms with Crippen LogP contribution in [0, 0.1) is 10.1 Å². The molecular formula is C18H16N4O4. The molecule has 132 valence electrons. The van der Waals surface area contributed by atoms with E-state index in [2.05, 4.69) is 10.2 Å². The van der Waals surface area contributed by atoms with Crippen molar-refractivity contribution in [3.05, 3.63) is 64.2 Å². The van der Waals surface area contributed by atoms with Crippen LogP contribution in [0.15, 0.2) is 58.8 Å². The van der Waals surface area contributed by atoms with Gasteiger partial charge < -0.3 is 9.67 Å². The van der Waals surface area contributed by atoms with Gasteiger partial charge in [0.15, 0.2) is 5.69 Å². The van der Waals surface area contributed by atoms with Gasteiger partial charge in [-0.3, -0.25) is 14.9 Å². The van der Waals surface area contributed by atoms with Crippen LogP contribution in [-0.2, 0) is 0 Å². The van der Waals surface area contributed by atoms with E-state index in [9.17, 15) is 20.0 Å². The van der Waals surface area contributed by atoms with E-state index in [-0.39, 0.29) is 28.9 Å². The molecule has 0 bridgehead atoms. The lowest BCUT2D eigenvalue weighted by atomic mass is 10.2. The first-order valence-electron chi connectivity index (χ1n) is 7.92. The Morgan fingerprint density at radius 2 is 1.81 bits per heavy atom. The zero-order chi connectivity index (χ0) is 18.8. The number of carbonyl (C=O) groups is 1. The first-order valence-corrected chi connectivity index (χ1v) is 7.92. The Labute approximate surface area is 148 Å². The largest absolute Gasteiger partial charge is 0.493 e. The molecule has 0 fully saturated rings. The summed E-state index contributed by atoms with van der Waals surface area (Å²) in [6.07, 6.45) is 0. The summed E-state index contributed by atoms with van der Waals surface area (Å²) in [4.78, 5) is 22.3. The molecule has 0 saturated heterocycles. The Morgan fingerprint density at radius 3 is 2.42 bits per heavy atom. The molecule has 1 N–H and O–H groups in total. The number of benzene rings is 2. The minimum atomic E-state index is -0.652. The second-order valence-corrected chi connectivity index (χ2v) is 5.96. The van der Waals surface area contributed by atoms with Gasteiger partial charge in [-0.15, -0.1) is 10.2 Å². The number of non-ortho nitro benzene ring substituents is 1. The van der Waals surface area contributed by atoms with Crippen molar-refractivity contribution in [1.82, 2.24) is 4.57 Å². The molecular weight excluding hydrogens is 336 g/mol. The number of hydrogen-bond acceptors (Lipinski definition) is 5. The number of amides is 1. The van der Waals surface area contributed by atoms with Crippen LogP contribution < -0.4 is 0 Å². The zero-order valence-corrected chi connectivity index (χ0v) is 14.2. The van der Waals surface area contributed by atoms with E-state index in [0.717, 1.165) is 5.52 Å². The second-order valence-electron chi connectivity index (χ2n) is 5.96. The summed E-state index contributed by atoms with van der Waals surface area (Å²) in [5.74, 6) is -0.720. The lowest BCUT2D eigenvalue weighted by Gasteiger charge is -2.10. The summed E-state index contributed by atoms with van der Waals surface area (Å²) in [5, 5.41) is 29.4. The van der Waals surface area contributed by atoms with Crippen LogP contribution in [0.2, 0.25) is 0 Å². The molecule has 0 unspecified atom stereocenters. The van der Waals surface area contributed by atoms with Crippen molar-refractivity contribution in [2.75, 3.05) is 0 Å². The SMILES string of the molecule is CC(C)n1c(O)c(N=NC(=O)c2ccc([N+](=O)[O-])cc2)c2ccccc21. The number of aromatic hydroxyl groups is 1. The number of fused-ring (bicyclic) bond motifs is 1. The van der Waals surface area contributed by atoms with E-state index in [1.54, 1.807) is 10.6 Å². The van der Waals surface area contributed by atoms with E-state index in [4.69, 9.17) is 0 Å². The van der Waals surface area contributed by atoms with Crippen LogP contribution in [0.1, 0.15) is 30.2 Å². The van der Waals surface area contributed by atoms with Gasteiger partial charge in [-0.1, -0.05) is 18.2 Å². The highest BCUT2D eigenvalue weighted by Crippen LogP contribution is 2.40. The number of nitro benzene ring substituents is 1. The topological polar surface area (TPSA) is 110 Å². The molecule has 0 aliphatic rings. The molecule has 3 rings (SSSR count). The quantitative estimate of drug-likeness (QED) is 0.414. The van der Waals surface area contributed by atoms with Crippen LogP contribution in [0.3, 0.4) is 0 Å². The van der Waals surface area contributed by atoms with Crippen LogP contribution in [0.4, 0.5) is 11.4 Å².